The molecule has 5 nitrogen and oxygen atoms in total. The first kappa shape index (κ1) is 15.0. The van der Waals surface area contributed by atoms with Crippen LogP contribution in [0.5, 0.6) is 5.75 Å². The predicted molar refractivity (Wildman–Crippen MR) is 87.1 cm³/mol. The lowest BCUT2D eigenvalue weighted by atomic mass is 10.2. The first-order valence-electron chi connectivity index (χ1n) is 7.43. The highest BCUT2D eigenvalue weighted by atomic mass is 16.5. The summed E-state index contributed by atoms with van der Waals surface area (Å²) >= 11 is 0. The van der Waals surface area contributed by atoms with E-state index in [1.807, 2.05) is 61.5 Å². The van der Waals surface area contributed by atoms with E-state index in [1.54, 1.807) is 4.68 Å². The van der Waals surface area contributed by atoms with Crippen LogP contribution in [0.25, 0.3) is 5.69 Å². The van der Waals surface area contributed by atoms with E-state index >= 15 is 0 Å². The molecule has 3 rings (SSSR count). The van der Waals surface area contributed by atoms with E-state index in [4.69, 9.17) is 4.74 Å². The van der Waals surface area contributed by atoms with Crippen molar-refractivity contribution in [2.24, 2.45) is 0 Å². The van der Waals surface area contributed by atoms with Crippen molar-refractivity contribution in [2.45, 2.75) is 13.3 Å². The van der Waals surface area contributed by atoms with Gasteiger partial charge in [-0.3, -0.25) is 4.79 Å². The third kappa shape index (κ3) is 3.29. The standard InChI is InChI=1S/C18H17N3O2/c1-14-7-5-6-10-17(14)21-18(16(13-22)19-20-21)11-12-23-15-8-3-2-4-9-15/h2-10,13H,11-12H2,1H3. The minimum absolute atomic E-state index is 0.352. The van der Waals surface area contributed by atoms with Crippen LogP contribution in [0.3, 0.4) is 0 Å². The van der Waals surface area contributed by atoms with Crippen LogP contribution < -0.4 is 4.74 Å². The van der Waals surface area contributed by atoms with Crippen molar-refractivity contribution >= 4 is 6.29 Å². The maximum atomic E-state index is 11.2. The molecule has 1 aromatic heterocycles. The largest absolute Gasteiger partial charge is 0.493 e. The van der Waals surface area contributed by atoms with Gasteiger partial charge < -0.3 is 4.74 Å². The summed E-state index contributed by atoms with van der Waals surface area (Å²) in [5, 5.41) is 8.09. The fourth-order valence-corrected chi connectivity index (χ4v) is 2.42. The highest BCUT2D eigenvalue weighted by Gasteiger charge is 2.15. The van der Waals surface area contributed by atoms with Crippen LogP contribution in [0, 0.1) is 6.92 Å². The number of aldehydes is 1. The number of hydrogen-bond donors (Lipinski definition) is 0. The zero-order valence-corrected chi connectivity index (χ0v) is 12.8. The highest BCUT2D eigenvalue weighted by molar-refractivity contribution is 5.73. The molecule has 5 heteroatoms. The van der Waals surface area contributed by atoms with Crippen LogP contribution in [-0.2, 0) is 6.42 Å². The molecule has 0 saturated carbocycles. The summed E-state index contributed by atoms with van der Waals surface area (Å²) in [6.07, 6.45) is 1.28. The van der Waals surface area contributed by atoms with Gasteiger partial charge in [0.1, 0.15) is 11.4 Å². The molecule has 0 atom stereocenters. The second kappa shape index (κ2) is 6.87. The molecule has 116 valence electrons. The van der Waals surface area contributed by atoms with E-state index < -0.39 is 0 Å². The summed E-state index contributed by atoms with van der Waals surface area (Å²) in [7, 11) is 0. The Kier molecular flexibility index (Phi) is 4.47. The number of para-hydroxylation sites is 2. The molecule has 0 aliphatic heterocycles. The molecule has 1 heterocycles. The number of carbonyl (C=O) groups is 1. The smallest absolute Gasteiger partial charge is 0.172 e. The van der Waals surface area contributed by atoms with Crippen molar-refractivity contribution in [3.05, 3.63) is 71.5 Å². The third-order valence-corrected chi connectivity index (χ3v) is 3.60. The average Bonchev–Trinajstić information content (AvgIpc) is 2.99. The number of aryl methyl sites for hydroxylation is 1. The molecule has 0 amide bonds. The van der Waals surface area contributed by atoms with Gasteiger partial charge in [-0.15, -0.1) is 5.10 Å². The Morgan fingerprint density at radius 1 is 1.09 bits per heavy atom. The number of aromatic nitrogens is 3. The van der Waals surface area contributed by atoms with Gasteiger partial charge in [0, 0.05) is 6.42 Å². The van der Waals surface area contributed by atoms with Gasteiger partial charge in [-0.25, -0.2) is 4.68 Å². The Labute approximate surface area is 134 Å². The first-order chi connectivity index (χ1) is 11.3. The minimum Gasteiger partial charge on any atom is -0.493 e. The van der Waals surface area contributed by atoms with Crippen molar-refractivity contribution in [3.8, 4) is 11.4 Å². The summed E-state index contributed by atoms with van der Waals surface area (Å²) in [5.74, 6) is 0.801. The normalized spacial score (nSPS) is 10.5. The lowest BCUT2D eigenvalue weighted by molar-refractivity contribution is 0.111. The van der Waals surface area contributed by atoms with Crippen molar-refractivity contribution in [3.63, 3.8) is 0 Å². The van der Waals surface area contributed by atoms with Crippen LogP contribution in [0.4, 0.5) is 0 Å². The average molecular weight is 307 g/mol. The molecular formula is C18H17N3O2. The molecule has 0 aliphatic carbocycles. The Balaban J connectivity index is 1.82. The summed E-state index contributed by atoms with van der Waals surface area (Å²) in [6, 6.07) is 17.5. The van der Waals surface area contributed by atoms with Gasteiger partial charge in [0.05, 0.1) is 18.0 Å². The number of benzene rings is 2. The second-order valence-corrected chi connectivity index (χ2v) is 5.15. The fraction of sp³-hybridized carbons (Fsp3) is 0.167. The number of nitrogens with zero attached hydrogens (tertiary/aromatic N) is 3. The lowest BCUT2D eigenvalue weighted by Crippen LogP contribution is -2.10. The van der Waals surface area contributed by atoms with E-state index in [0.717, 1.165) is 29.0 Å². The number of ether oxygens (including phenoxy) is 1. The summed E-state index contributed by atoms with van der Waals surface area (Å²) in [5.41, 5.74) is 3.10. The van der Waals surface area contributed by atoms with Gasteiger partial charge in [-0.05, 0) is 30.7 Å². The van der Waals surface area contributed by atoms with Gasteiger partial charge >= 0.3 is 0 Å². The fourth-order valence-electron chi connectivity index (χ4n) is 2.42. The zero-order chi connectivity index (χ0) is 16.1. The molecule has 0 fully saturated rings. The molecule has 0 saturated heterocycles. The van der Waals surface area contributed by atoms with Gasteiger partial charge in [0.2, 0.25) is 0 Å². The van der Waals surface area contributed by atoms with Crippen LogP contribution in [0.1, 0.15) is 21.7 Å². The van der Waals surface area contributed by atoms with Gasteiger partial charge in [-0.2, -0.15) is 0 Å². The molecule has 0 aliphatic rings. The topological polar surface area (TPSA) is 57.0 Å². The Bertz CT molecular complexity index is 797. The van der Waals surface area contributed by atoms with E-state index in [9.17, 15) is 4.79 Å². The second-order valence-electron chi connectivity index (χ2n) is 5.15. The van der Waals surface area contributed by atoms with Crippen molar-refractivity contribution in [1.82, 2.24) is 15.0 Å². The molecule has 23 heavy (non-hydrogen) atoms. The maximum absolute atomic E-state index is 11.2. The Morgan fingerprint density at radius 2 is 1.83 bits per heavy atom. The third-order valence-electron chi connectivity index (χ3n) is 3.60. The highest BCUT2D eigenvalue weighted by Crippen LogP contribution is 2.17. The minimum atomic E-state index is 0.352. The molecule has 0 unspecified atom stereocenters. The molecule has 0 bridgehead atoms. The molecule has 2 aromatic carbocycles. The Hall–Kier alpha value is -2.95. The van der Waals surface area contributed by atoms with Crippen LogP contribution in [0.15, 0.2) is 54.6 Å². The first-order valence-corrected chi connectivity index (χ1v) is 7.43. The Morgan fingerprint density at radius 3 is 2.57 bits per heavy atom. The number of hydrogen-bond acceptors (Lipinski definition) is 4. The lowest BCUT2D eigenvalue weighted by Gasteiger charge is -2.10. The van der Waals surface area contributed by atoms with Crippen molar-refractivity contribution in [2.75, 3.05) is 6.61 Å². The summed E-state index contributed by atoms with van der Waals surface area (Å²) < 4.78 is 7.43. The van der Waals surface area contributed by atoms with Gasteiger partial charge in [0.15, 0.2) is 6.29 Å². The van der Waals surface area contributed by atoms with E-state index in [-0.39, 0.29) is 0 Å². The number of carbonyl (C=O) groups excluding carboxylic acids is 1. The predicted octanol–water partition coefficient (Wildman–Crippen LogP) is 3.01. The zero-order valence-electron chi connectivity index (χ0n) is 12.8. The number of rotatable bonds is 6. The van der Waals surface area contributed by atoms with Crippen LogP contribution in [-0.4, -0.2) is 27.9 Å². The van der Waals surface area contributed by atoms with Crippen LogP contribution >= 0.6 is 0 Å². The van der Waals surface area contributed by atoms with Crippen molar-refractivity contribution < 1.29 is 9.53 Å². The summed E-state index contributed by atoms with van der Waals surface area (Å²) in [6.45, 7) is 2.45. The monoisotopic (exact) mass is 307 g/mol. The quantitative estimate of drug-likeness (QED) is 0.657. The molecule has 0 radical (unpaired) electrons. The molecule has 3 aromatic rings. The van der Waals surface area contributed by atoms with E-state index in [2.05, 4.69) is 10.3 Å². The van der Waals surface area contributed by atoms with E-state index in [0.29, 0.717) is 18.7 Å². The SMILES string of the molecule is Cc1ccccc1-n1nnc(C=O)c1CCOc1ccccc1. The molecule has 0 spiro atoms. The summed E-state index contributed by atoms with van der Waals surface area (Å²) in [4.78, 5) is 11.2. The van der Waals surface area contributed by atoms with Gasteiger partial charge in [0.25, 0.3) is 0 Å². The molecular weight excluding hydrogens is 290 g/mol. The maximum Gasteiger partial charge on any atom is 0.172 e. The molecule has 0 N–H and O–H groups in total. The van der Waals surface area contributed by atoms with E-state index in [1.165, 1.54) is 0 Å². The van der Waals surface area contributed by atoms with Crippen LogP contribution in [0.2, 0.25) is 0 Å². The van der Waals surface area contributed by atoms with Gasteiger partial charge in [-0.1, -0.05) is 41.6 Å². The van der Waals surface area contributed by atoms with Crippen molar-refractivity contribution in [1.29, 1.82) is 0 Å².